The number of ketones is 1. The van der Waals surface area contributed by atoms with Crippen LogP contribution in [0.15, 0.2) is 66.9 Å². The van der Waals surface area contributed by atoms with Gasteiger partial charge in [-0.15, -0.1) is 13.2 Å². The molecule has 0 spiro atoms. The molecule has 0 atom stereocenters. The predicted molar refractivity (Wildman–Crippen MR) is 118 cm³/mol. The molecule has 1 fully saturated rings. The minimum atomic E-state index is -4.78. The largest absolute Gasteiger partial charge is 0.573 e. The Bertz CT molecular complexity index is 1180. The second kappa shape index (κ2) is 9.94. The van der Waals surface area contributed by atoms with Gasteiger partial charge in [-0.2, -0.15) is 0 Å². The Labute approximate surface area is 193 Å². The van der Waals surface area contributed by atoms with Crippen LogP contribution in [0.5, 0.6) is 17.2 Å². The van der Waals surface area contributed by atoms with Crippen molar-refractivity contribution < 1.29 is 32.2 Å². The number of hydrogen-bond acceptors (Lipinski definition) is 5. The number of alkyl halides is 3. The van der Waals surface area contributed by atoms with Crippen molar-refractivity contribution in [3.63, 3.8) is 0 Å². The van der Waals surface area contributed by atoms with Crippen LogP contribution in [-0.2, 0) is 22.4 Å². The summed E-state index contributed by atoms with van der Waals surface area (Å²) in [5.74, 6) is 0.983. The second-order valence-corrected chi connectivity index (χ2v) is 7.97. The molecule has 1 saturated carbocycles. The Morgan fingerprint density at radius 3 is 2.35 bits per heavy atom. The highest BCUT2D eigenvalue weighted by molar-refractivity contribution is 5.93. The van der Waals surface area contributed by atoms with Crippen molar-refractivity contribution >= 4 is 17.5 Å². The quantitative estimate of drug-likeness (QED) is 0.448. The number of nitrogens with one attached hydrogen (secondary N) is 1. The number of pyridine rings is 1. The molecule has 1 amide bonds. The number of hydrogen-bond donors (Lipinski definition) is 1. The third-order valence-electron chi connectivity index (χ3n) is 5.02. The first kappa shape index (κ1) is 23.3. The van der Waals surface area contributed by atoms with Crippen LogP contribution in [0.1, 0.15) is 24.0 Å². The van der Waals surface area contributed by atoms with Crippen LogP contribution in [0.25, 0.3) is 0 Å². The van der Waals surface area contributed by atoms with Crippen molar-refractivity contribution in [3.05, 3.63) is 78.0 Å². The summed E-state index contributed by atoms with van der Waals surface area (Å²) < 4.78 is 46.8. The third-order valence-corrected chi connectivity index (χ3v) is 5.02. The smallest absolute Gasteiger partial charge is 0.457 e. The maximum absolute atomic E-state index is 12.4. The van der Waals surface area contributed by atoms with E-state index in [1.54, 1.807) is 48.7 Å². The van der Waals surface area contributed by atoms with E-state index in [9.17, 15) is 22.8 Å². The molecule has 176 valence electrons. The van der Waals surface area contributed by atoms with Crippen LogP contribution in [0.3, 0.4) is 0 Å². The molecule has 0 bridgehead atoms. The summed E-state index contributed by atoms with van der Waals surface area (Å²) >= 11 is 0. The topological polar surface area (TPSA) is 77.5 Å². The average molecular weight is 470 g/mol. The highest BCUT2D eigenvalue weighted by atomic mass is 19.4. The highest BCUT2D eigenvalue weighted by Gasteiger charge is 2.31. The summed E-state index contributed by atoms with van der Waals surface area (Å²) in [5, 5.41) is 2.76. The number of benzene rings is 2. The molecule has 6 nitrogen and oxygen atoms in total. The summed E-state index contributed by atoms with van der Waals surface area (Å²) in [6.07, 6.45) is -1.34. The first-order valence-electron chi connectivity index (χ1n) is 10.6. The Balaban J connectivity index is 1.31. The Morgan fingerprint density at radius 1 is 0.912 bits per heavy atom. The lowest BCUT2D eigenvalue weighted by molar-refractivity contribution is -0.274. The zero-order valence-electron chi connectivity index (χ0n) is 18.0. The van der Waals surface area contributed by atoms with Crippen LogP contribution in [-0.4, -0.2) is 23.0 Å². The summed E-state index contributed by atoms with van der Waals surface area (Å²) in [5.41, 5.74) is 1.18. The summed E-state index contributed by atoms with van der Waals surface area (Å²) in [6, 6.07) is 15.6. The van der Waals surface area contributed by atoms with Crippen molar-refractivity contribution in [1.82, 2.24) is 4.98 Å². The number of ether oxygens (including phenoxy) is 2. The van der Waals surface area contributed by atoms with Gasteiger partial charge in [0.05, 0.1) is 0 Å². The van der Waals surface area contributed by atoms with E-state index in [-0.39, 0.29) is 36.2 Å². The normalized spacial score (nSPS) is 13.3. The molecule has 0 radical (unpaired) electrons. The molecule has 3 aromatic rings. The fourth-order valence-electron chi connectivity index (χ4n) is 3.30. The van der Waals surface area contributed by atoms with Crippen molar-refractivity contribution in [2.75, 3.05) is 5.32 Å². The number of rotatable bonds is 9. The van der Waals surface area contributed by atoms with Gasteiger partial charge in [-0.1, -0.05) is 24.3 Å². The molecular weight excluding hydrogens is 449 g/mol. The van der Waals surface area contributed by atoms with E-state index in [1.807, 2.05) is 0 Å². The minimum absolute atomic E-state index is 0.0142. The van der Waals surface area contributed by atoms with Gasteiger partial charge >= 0.3 is 6.36 Å². The number of halogens is 3. The van der Waals surface area contributed by atoms with Gasteiger partial charge in [-0.3, -0.25) is 9.59 Å². The van der Waals surface area contributed by atoms with Crippen LogP contribution >= 0.6 is 0 Å². The number of carbonyl (C=O) groups is 2. The van der Waals surface area contributed by atoms with Crippen molar-refractivity contribution in [3.8, 4) is 17.2 Å². The molecule has 1 aliphatic carbocycles. The van der Waals surface area contributed by atoms with Crippen LogP contribution in [0, 0.1) is 5.92 Å². The van der Waals surface area contributed by atoms with Gasteiger partial charge in [0.2, 0.25) is 5.91 Å². The number of amides is 1. The summed E-state index contributed by atoms with van der Waals surface area (Å²) in [6.45, 7) is 0. The lowest BCUT2D eigenvalue weighted by atomic mass is 10.0. The predicted octanol–water partition coefficient (Wildman–Crippen LogP) is 5.48. The molecule has 2 aromatic carbocycles. The molecule has 0 unspecified atom stereocenters. The standard InChI is InChI=1S/C25H21F3N2O4/c26-25(27,28)34-22-3-1-2-17(14-22)13-19(31)12-16-4-8-20(9-5-16)33-21-10-11-29-23(15-21)30-24(32)18-6-7-18/h1-5,8-11,14-15,18H,6-7,12-13H2,(H,29,30,32). The van der Waals surface area contributed by atoms with Crippen molar-refractivity contribution in [2.24, 2.45) is 5.92 Å². The van der Waals surface area contributed by atoms with E-state index < -0.39 is 6.36 Å². The third kappa shape index (κ3) is 7.06. The van der Waals surface area contributed by atoms with Gasteiger partial charge in [0.15, 0.2) is 0 Å². The van der Waals surface area contributed by atoms with Gasteiger partial charge in [0.25, 0.3) is 0 Å². The number of aromatic nitrogens is 1. The van der Waals surface area contributed by atoms with Gasteiger partial charge in [0.1, 0.15) is 28.8 Å². The van der Waals surface area contributed by atoms with E-state index in [4.69, 9.17) is 4.74 Å². The van der Waals surface area contributed by atoms with E-state index in [1.165, 1.54) is 18.2 Å². The first-order chi connectivity index (χ1) is 16.2. The number of Topliss-reactive ketones (excluding diaryl/α,β-unsaturated/α-hetero) is 1. The molecule has 0 aliphatic heterocycles. The fraction of sp³-hybridized carbons (Fsp3) is 0.240. The molecule has 1 heterocycles. The Morgan fingerprint density at radius 2 is 1.65 bits per heavy atom. The van der Waals surface area contributed by atoms with Gasteiger partial charge in [0, 0.05) is 31.0 Å². The first-order valence-corrected chi connectivity index (χ1v) is 10.6. The van der Waals surface area contributed by atoms with Crippen LogP contribution < -0.4 is 14.8 Å². The molecule has 0 saturated heterocycles. The van der Waals surface area contributed by atoms with Crippen molar-refractivity contribution in [2.45, 2.75) is 32.0 Å². The molecule has 4 rings (SSSR count). The maximum atomic E-state index is 12.4. The molecule has 1 aromatic heterocycles. The summed E-state index contributed by atoms with van der Waals surface area (Å²) in [4.78, 5) is 28.4. The lowest BCUT2D eigenvalue weighted by Gasteiger charge is -2.10. The molecule has 9 heteroatoms. The van der Waals surface area contributed by atoms with E-state index in [0.717, 1.165) is 18.4 Å². The van der Waals surface area contributed by atoms with Crippen molar-refractivity contribution in [1.29, 1.82) is 0 Å². The number of carbonyl (C=O) groups excluding carboxylic acids is 2. The number of nitrogens with zero attached hydrogens (tertiary/aromatic N) is 1. The SMILES string of the molecule is O=C(Cc1ccc(Oc2ccnc(NC(=O)C3CC3)c2)cc1)Cc1cccc(OC(F)(F)F)c1. The summed E-state index contributed by atoms with van der Waals surface area (Å²) in [7, 11) is 0. The molecular formula is C25H21F3N2O4. The number of anilines is 1. The van der Waals surface area contributed by atoms with Crippen LogP contribution in [0.2, 0.25) is 0 Å². The lowest BCUT2D eigenvalue weighted by Crippen LogP contribution is -2.17. The zero-order chi connectivity index (χ0) is 24.1. The molecule has 1 aliphatic rings. The monoisotopic (exact) mass is 470 g/mol. The highest BCUT2D eigenvalue weighted by Crippen LogP contribution is 2.30. The fourth-order valence-corrected chi connectivity index (χ4v) is 3.30. The zero-order valence-corrected chi connectivity index (χ0v) is 18.0. The van der Waals surface area contributed by atoms with E-state index in [0.29, 0.717) is 22.9 Å². The Hall–Kier alpha value is -3.88. The maximum Gasteiger partial charge on any atom is 0.573 e. The van der Waals surface area contributed by atoms with Crippen LogP contribution in [0.4, 0.5) is 19.0 Å². The van der Waals surface area contributed by atoms with Gasteiger partial charge in [-0.25, -0.2) is 4.98 Å². The Kier molecular flexibility index (Phi) is 6.81. The molecule has 1 N–H and O–H groups in total. The van der Waals surface area contributed by atoms with E-state index in [2.05, 4.69) is 15.0 Å². The van der Waals surface area contributed by atoms with Gasteiger partial charge in [-0.05, 0) is 54.3 Å². The second-order valence-electron chi connectivity index (χ2n) is 7.97. The average Bonchev–Trinajstić information content (AvgIpc) is 3.60. The van der Waals surface area contributed by atoms with Gasteiger partial charge < -0.3 is 14.8 Å². The van der Waals surface area contributed by atoms with E-state index >= 15 is 0 Å². The molecule has 34 heavy (non-hydrogen) atoms. The minimum Gasteiger partial charge on any atom is -0.457 e.